The summed E-state index contributed by atoms with van der Waals surface area (Å²) in [6, 6.07) is 10.3. The van der Waals surface area contributed by atoms with Crippen molar-refractivity contribution in [2.75, 3.05) is 13.2 Å². The average Bonchev–Trinajstić information content (AvgIpc) is 2.47. The number of hydrogen-bond acceptors (Lipinski definition) is 4. The number of rotatable bonds is 4. The number of esters is 1. The Morgan fingerprint density at radius 2 is 2.15 bits per heavy atom. The Labute approximate surface area is 120 Å². The highest BCUT2D eigenvalue weighted by atomic mass is 16.5. The van der Waals surface area contributed by atoms with Crippen molar-refractivity contribution in [3.05, 3.63) is 35.9 Å². The standard InChI is InChI=1S/C16H24N2O2/c1-3-20-16(19)15-11-14(17)9-10-18(15)12(2)13-7-5-4-6-8-13/h4-8,12,14-15H,3,9-11,17H2,1-2H3/t12-,14+,15+/m1/s1. The van der Waals surface area contributed by atoms with E-state index in [2.05, 4.69) is 24.0 Å². The van der Waals surface area contributed by atoms with Crippen LogP contribution in [0.5, 0.6) is 0 Å². The maximum absolute atomic E-state index is 12.2. The molecule has 0 aliphatic carbocycles. The van der Waals surface area contributed by atoms with E-state index < -0.39 is 0 Å². The first-order valence-electron chi connectivity index (χ1n) is 7.36. The van der Waals surface area contributed by atoms with E-state index in [9.17, 15) is 4.79 Å². The lowest BCUT2D eigenvalue weighted by Crippen LogP contribution is -2.52. The molecule has 4 heteroatoms. The molecule has 2 rings (SSSR count). The molecule has 0 saturated carbocycles. The minimum absolute atomic E-state index is 0.0867. The van der Waals surface area contributed by atoms with Gasteiger partial charge in [-0.05, 0) is 32.3 Å². The Hall–Kier alpha value is -1.39. The molecule has 3 atom stereocenters. The third-order valence-corrected chi connectivity index (χ3v) is 4.02. The molecule has 20 heavy (non-hydrogen) atoms. The smallest absolute Gasteiger partial charge is 0.323 e. The second kappa shape index (κ2) is 6.86. The Kier molecular flexibility index (Phi) is 5.15. The lowest BCUT2D eigenvalue weighted by atomic mass is 9.94. The van der Waals surface area contributed by atoms with Gasteiger partial charge >= 0.3 is 5.97 Å². The number of piperidine rings is 1. The van der Waals surface area contributed by atoms with Crippen LogP contribution in [-0.2, 0) is 9.53 Å². The molecule has 4 nitrogen and oxygen atoms in total. The van der Waals surface area contributed by atoms with Gasteiger partial charge in [-0.3, -0.25) is 9.69 Å². The number of carbonyl (C=O) groups excluding carboxylic acids is 1. The summed E-state index contributed by atoms with van der Waals surface area (Å²) in [5, 5.41) is 0. The molecule has 0 unspecified atom stereocenters. The number of ether oxygens (including phenoxy) is 1. The summed E-state index contributed by atoms with van der Waals surface area (Å²) >= 11 is 0. The Morgan fingerprint density at radius 3 is 2.80 bits per heavy atom. The van der Waals surface area contributed by atoms with Gasteiger partial charge in [0.05, 0.1) is 6.61 Å². The zero-order valence-corrected chi connectivity index (χ0v) is 12.3. The third-order valence-electron chi connectivity index (χ3n) is 4.02. The fourth-order valence-corrected chi connectivity index (χ4v) is 2.87. The van der Waals surface area contributed by atoms with Gasteiger partial charge in [-0.15, -0.1) is 0 Å². The zero-order chi connectivity index (χ0) is 14.5. The predicted octanol–water partition coefficient (Wildman–Crippen LogP) is 2.10. The van der Waals surface area contributed by atoms with E-state index in [4.69, 9.17) is 10.5 Å². The van der Waals surface area contributed by atoms with Gasteiger partial charge in [-0.1, -0.05) is 30.3 Å². The van der Waals surface area contributed by atoms with Gasteiger partial charge in [0.15, 0.2) is 0 Å². The van der Waals surface area contributed by atoms with Crippen molar-refractivity contribution < 1.29 is 9.53 Å². The summed E-state index contributed by atoms with van der Waals surface area (Å²) in [6.07, 6.45) is 1.60. The van der Waals surface area contributed by atoms with Gasteiger partial charge in [0.25, 0.3) is 0 Å². The van der Waals surface area contributed by atoms with E-state index in [1.54, 1.807) is 0 Å². The second-order valence-corrected chi connectivity index (χ2v) is 5.38. The molecule has 110 valence electrons. The highest BCUT2D eigenvalue weighted by Crippen LogP contribution is 2.28. The second-order valence-electron chi connectivity index (χ2n) is 5.38. The van der Waals surface area contributed by atoms with Crippen LogP contribution in [-0.4, -0.2) is 36.1 Å². The first-order chi connectivity index (χ1) is 9.63. The van der Waals surface area contributed by atoms with E-state index in [1.807, 2.05) is 25.1 Å². The fourth-order valence-electron chi connectivity index (χ4n) is 2.87. The third kappa shape index (κ3) is 3.38. The van der Waals surface area contributed by atoms with E-state index in [0.717, 1.165) is 13.0 Å². The molecule has 1 fully saturated rings. The van der Waals surface area contributed by atoms with Crippen LogP contribution in [0.1, 0.15) is 38.3 Å². The van der Waals surface area contributed by atoms with Gasteiger partial charge in [0.2, 0.25) is 0 Å². The lowest BCUT2D eigenvalue weighted by Gasteiger charge is -2.40. The molecule has 1 heterocycles. The van der Waals surface area contributed by atoms with Crippen LogP contribution in [0.25, 0.3) is 0 Å². The minimum Gasteiger partial charge on any atom is -0.465 e. The first-order valence-corrected chi connectivity index (χ1v) is 7.36. The van der Waals surface area contributed by atoms with Crippen molar-refractivity contribution in [3.63, 3.8) is 0 Å². The van der Waals surface area contributed by atoms with Crippen molar-refractivity contribution in [1.29, 1.82) is 0 Å². The maximum atomic E-state index is 12.2. The van der Waals surface area contributed by atoms with Crippen LogP contribution in [0.15, 0.2) is 30.3 Å². The van der Waals surface area contributed by atoms with Gasteiger partial charge in [-0.2, -0.15) is 0 Å². The molecular formula is C16H24N2O2. The molecule has 0 aromatic heterocycles. The van der Waals surface area contributed by atoms with E-state index in [0.29, 0.717) is 13.0 Å². The van der Waals surface area contributed by atoms with Gasteiger partial charge in [0.1, 0.15) is 6.04 Å². The normalized spacial score (nSPS) is 25.1. The largest absolute Gasteiger partial charge is 0.465 e. The number of nitrogens with zero attached hydrogens (tertiary/aromatic N) is 1. The predicted molar refractivity (Wildman–Crippen MR) is 79.2 cm³/mol. The van der Waals surface area contributed by atoms with Crippen LogP contribution in [0, 0.1) is 0 Å². The molecule has 1 aliphatic heterocycles. The van der Waals surface area contributed by atoms with Crippen molar-refractivity contribution in [2.24, 2.45) is 5.73 Å². The number of benzene rings is 1. The molecule has 1 saturated heterocycles. The highest BCUT2D eigenvalue weighted by molar-refractivity contribution is 5.76. The molecule has 0 amide bonds. The van der Waals surface area contributed by atoms with Crippen molar-refractivity contribution in [3.8, 4) is 0 Å². The molecule has 1 aromatic carbocycles. The maximum Gasteiger partial charge on any atom is 0.323 e. The number of carbonyl (C=O) groups is 1. The Bertz CT molecular complexity index is 435. The summed E-state index contributed by atoms with van der Waals surface area (Å²) < 4.78 is 5.21. The number of hydrogen-bond donors (Lipinski definition) is 1. The van der Waals surface area contributed by atoms with Gasteiger partial charge < -0.3 is 10.5 Å². The molecular weight excluding hydrogens is 252 g/mol. The number of nitrogens with two attached hydrogens (primary N) is 1. The van der Waals surface area contributed by atoms with Crippen LogP contribution in [0.2, 0.25) is 0 Å². The summed E-state index contributed by atoms with van der Waals surface area (Å²) in [4.78, 5) is 14.4. The molecule has 0 radical (unpaired) electrons. The Morgan fingerprint density at radius 1 is 1.45 bits per heavy atom. The average molecular weight is 276 g/mol. The summed E-state index contributed by atoms with van der Waals surface area (Å²) in [7, 11) is 0. The fraction of sp³-hybridized carbons (Fsp3) is 0.562. The summed E-state index contributed by atoms with van der Waals surface area (Å²) in [5.74, 6) is -0.148. The SMILES string of the molecule is CCOC(=O)[C@@H]1C[C@@H](N)CCN1[C@H](C)c1ccccc1. The van der Waals surface area contributed by atoms with Crippen LogP contribution >= 0.6 is 0 Å². The molecule has 1 aliphatic rings. The lowest BCUT2D eigenvalue weighted by molar-refractivity contribution is -0.152. The number of likely N-dealkylation sites (tertiary alicyclic amines) is 1. The first kappa shape index (κ1) is 15.0. The van der Waals surface area contributed by atoms with Gasteiger partial charge in [0, 0.05) is 18.6 Å². The molecule has 0 spiro atoms. The molecule has 1 aromatic rings. The topological polar surface area (TPSA) is 55.6 Å². The van der Waals surface area contributed by atoms with E-state index >= 15 is 0 Å². The van der Waals surface area contributed by atoms with E-state index in [-0.39, 0.29) is 24.1 Å². The Balaban J connectivity index is 2.16. The molecule has 2 N–H and O–H groups in total. The van der Waals surface area contributed by atoms with E-state index in [1.165, 1.54) is 5.56 Å². The van der Waals surface area contributed by atoms with Crippen LogP contribution in [0.3, 0.4) is 0 Å². The zero-order valence-electron chi connectivity index (χ0n) is 12.3. The van der Waals surface area contributed by atoms with Crippen LogP contribution < -0.4 is 5.73 Å². The van der Waals surface area contributed by atoms with Crippen molar-refractivity contribution >= 4 is 5.97 Å². The minimum atomic E-state index is -0.228. The summed E-state index contributed by atoms with van der Waals surface area (Å²) in [5.41, 5.74) is 7.25. The monoisotopic (exact) mass is 276 g/mol. The summed E-state index contributed by atoms with van der Waals surface area (Å²) in [6.45, 7) is 5.23. The highest BCUT2D eigenvalue weighted by Gasteiger charge is 2.35. The quantitative estimate of drug-likeness (QED) is 0.856. The van der Waals surface area contributed by atoms with Crippen LogP contribution in [0.4, 0.5) is 0 Å². The van der Waals surface area contributed by atoms with Crippen molar-refractivity contribution in [2.45, 2.75) is 44.8 Å². The van der Waals surface area contributed by atoms with Gasteiger partial charge in [-0.25, -0.2) is 0 Å². The molecule has 0 bridgehead atoms. The van der Waals surface area contributed by atoms with Crippen molar-refractivity contribution in [1.82, 2.24) is 4.90 Å².